The summed E-state index contributed by atoms with van der Waals surface area (Å²) < 4.78 is 39.1. The molecule has 1 unspecified atom stereocenters. The third-order valence-corrected chi connectivity index (χ3v) is 8.62. The van der Waals surface area contributed by atoms with Gasteiger partial charge in [-0.05, 0) is 31.2 Å². The molecule has 0 saturated carbocycles. The molecule has 0 N–H and O–H groups in total. The lowest BCUT2D eigenvalue weighted by Gasteiger charge is -2.35. The normalized spacial score (nSPS) is 21.2. The summed E-state index contributed by atoms with van der Waals surface area (Å²) in [5.74, 6) is 0.390. The molecule has 3 aliphatic heterocycles. The van der Waals surface area contributed by atoms with Gasteiger partial charge in [0.15, 0.2) is 11.5 Å². The fourth-order valence-corrected chi connectivity index (χ4v) is 6.15. The van der Waals surface area contributed by atoms with Crippen molar-refractivity contribution in [3.8, 4) is 11.5 Å². The highest BCUT2D eigenvalue weighted by atomic mass is 32.2. The topological polar surface area (TPSA) is 96.5 Å². The van der Waals surface area contributed by atoms with Gasteiger partial charge in [-0.25, -0.2) is 8.42 Å². The number of anilines is 1. The van der Waals surface area contributed by atoms with E-state index >= 15 is 0 Å². The molecule has 2 aromatic carbocycles. The van der Waals surface area contributed by atoms with Crippen LogP contribution in [0.3, 0.4) is 0 Å². The minimum absolute atomic E-state index is 0.0668. The number of nitrogens with zero attached hydrogens (tertiary/aromatic N) is 3. The molecule has 0 bridgehead atoms. The maximum atomic E-state index is 13.2. The smallest absolute Gasteiger partial charge is 0.243 e. The summed E-state index contributed by atoms with van der Waals surface area (Å²) in [4.78, 5) is 29.2. The Labute approximate surface area is 205 Å². The molecule has 1 atom stereocenters. The van der Waals surface area contributed by atoms with Gasteiger partial charge < -0.3 is 19.3 Å². The lowest BCUT2D eigenvalue weighted by molar-refractivity contribution is -0.136. The number of piperazine rings is 1. The number of sulfonamides is 1. The third kappa shape index (κ3) is 4.72. The van der Waals surface area contributed by atoms with Crippen LogP contribution in [0.1, 0.15) is 18.4 Å². The van der Waals surface area contributed by atoms with Gasteiger partial charge in [0.2, 0.25) is 21.8 Å². The number of carbonyl (C=O) groups excluding carboxylic acids is 2. The zero-order valence-electron chi connectivity index (χ0n) is 19.7. The van der Waals surface area contributed by atoms with Crippen molar-refractivity contribution in [2.75, 3.05) is 50.8 Å². The summed E-state index contributed by atoms with van der Waals surface area (Å²) in [6, 6.07) is 12.3. The lowest BCUT2D eigenvalue weighted by Crippen LogP contribution is -2.52. The van der Waals surface area contributed by atoms with E-state index in [1.807, 2.05) is 31.2 Å². The molecule has 5 rings (SSSR count). The van der Waals surface area contributed by atoms with Gasteiger partial charge in [-0.3, -0.25) is 9.59 Å². The summed E-state index contributed by atoms with van der Waals surface area (Å²) >= 11 is 0. The first-order valence-corrected chi connectivity index (χ1v) is 13.3. The number of ether oxygens (including phenoxy) is 2. The van der Waals surface area contributed by atoms with Crippen molar-refractivity contribution >= 4 is 27.5 Å². The fraction of sp³-hybridized carbons (Fsp3) is 0.440. The van der Waals surface area contributed by atoms with E-state index in [4.69, 9.17) is 9.47 Å². The summed E-state index contributed by atoms with van der Waals surface area (Å²) in [5.41, 5.74) is 1.90. The van der Waals surface area contributed by atoms with Gasteiger partial charge in [0, 0.05) is 57.3 Å². The Balaban J connectivity index is 1.21. The Kier molecular flexibility index (Phi) is 6.41. The van der Waals surface area contributed by atoms with E-state index in [1.54, 1.807) is 15.9 Å². The molecular formula is C25H29N3O6S. The van der Waals surface area contributed by atoms with E-state index in [-0.39, 0.29) is 49.3 Å². The van der Waals surface area contributed by atoms with Crippen LogP contribution in [0.15, 0.2) is 47.4 Å². The van der Waals surface area contributed by atoms with Gasteiger partial charge in [0.1, 0.15) is 0 Å². The third-order valence-electron chi connectivity index (χ3n) is 6.73. The second kappa shape index (κ2) is 9.50. The standard InChI is InChI=1S/C25H29N3O6S/c1-18-3-5-20(6-4-18)28-17-19(15-24(28)29)25(30)26-9-11-27(12-10-26)35(31,32)21-7-8-22-23(16-21)34-14-2-13-33-22/h3-8,16,19H,2,9-15,17H2,1H3. The fourth-order valence-electron chi connectivity index (χ4n) is 4.71. The van der Waals surface area contributed by atoms with Crippen molar-refractivity contribution in [1.29, 1.82) is 0 Å². The zero-order valence-corrected chi connectivity index (χ0v) is 20.5. The molecule has 0 aliphatic carbocycles. The van der Waals surface area contributed by atoms with Crippen LogP contribution < -0.4 is 14.4 Å². The predicted molar refractivity (Wildman–Crippen MR) is 129 cm³/mol. The Morgan fingerprint density at radius 1 is 0.943 bits per heavy atom. The number of amides is 2. The maximum Gasteiger partial charge on any atom is 0.243 e. The SMILES string of the molecule is Cc1ccc(N2CC(C(=O)N3CCN(S(=O)(=O)c4ccc5c(c4)OCCCO5)CC3)CC2=O)cc1. The Morgan fingerprint density at radius 2 is 1.63 bits per heavy atom. The number of hydrogen-bond acceptors (Lipinski definition) is 6. The molecule has 0 radical (unpaired) electrons. The van der Waals surface area contributed by atoms with E-state index in [0.717, 1.165) is 17.7 Å². The molecule has 35 heavy (non-hydrogen) atoms. The first-order chi connectivity index (χ1) is 16.8. The van der Waals surface area contributed by atoms with Gasteiger partial charge in [-0.15, -0.1) is 0 Å². The number of aryl methyl sites for hydroxylation is 1. The molecule has 0 aromatic heterocycles. The molecule has 2 fully saturated rings. The number of hydrogen-bond donors (Lipinski definition) is 0. The minimum Gasteiger partial charge on any atom is -0.490 e. The first-order valence-electron chi connectivity index (χ1n) is 11.9. The lowest BCUT2D eigenvalue weighted by atomic mass is 10.1. The largest absolute Gasteiger partial charge is 0.490 e. The van der Waals surface area contributed by atoms with Gasteiger partial charge in [0.25, 0.3) is 0 Å². The number of benzene rings is 2. The van der Waals surface area contributed by atoms with E-state index in [1.165, 1.54) is 16.4 Å². The van der Waals surface area contributed by atoms with Gasteiger partial charge in [-0.2, -0.15) is 4.31 Å². The quantitative estimate of drug-likeness (QED) is 0.639. The molecule has 3 aliphatic rings. The van der Waals surface area contributed by atoms with Crippen LogP contribution in [-0.2, 0) is 19.6 Å². The first kappa shape index (κ1) is 23.6. The summed E-state index contributed by atoms with van der Waals surface area (Å²) in [6.07, 6.45) is 0.907. The summed E-state index contributed by atoms with van der Waals surface area (Å²) in [7, 11) is -3.74. The minimum atomic E-state index is -3.74. The number of rotatable bonds is 4. The van der Waals surface area contributed by atoms with Crippen LogP contribution in [0.4, 0.5) is 5.69 Å². The van der Waals surface area contributed by atoms with Gasteiger partial charge >= 0.3 is 0 Å². The Bertz CT molecular complexity index is 1220. The van der Waals surface area contributed by atoms with Crippen molar-refractivity contribution in [1.82, 2.24) is 9.21 Å². The Morgan fingerprint density at radius 3 is 2.34 bits per heavy atom. The van der Waals surface area contributed by atoms with Crippen LogP contribution in [-0.4, -0.2) is 75.4 Å². The molecule has 10 heteroatoms. The highest BCUT2D eigenvalue weighted by Crippen LogP contribution is 2.33. The molecule has 9 nitrogen and oxygen atoms in total. The van der Waals surface area contributed by atoms with E-state index < -0.39 is 15.9 Å². The maximum absolute atomic E-state index is 13.2. The van der Waals surface area contributed by atoms with Gasteiger partial charge in [-0.1, -0.05) is 17.7 Å². The van der Waals surface area contributed by atoms with Gasteiger partial charge in [0.05, 0.1) is 24.0 Å². The molecule has 2 amide bonds. The van der Waals surface area contributed by atoms with Crippen molar-refractivity contribution in [2.24, 2.45) is 5.92 Å². The number of fused-ring (bicyclic) bond motifs is 1. The molecule has 2 aromatic rings. The average Bonchev–Trinajstić information content (AvgIpc) is 3.09. The zero-order chi connectivity index (χ0) is 24.6. The van der Waals surface area contributed by atoms with Crippen LogP contribution in [0.25, 0.3) is 0 Å². The number of carbonyl (C=O) groups is 2. The van der Waals surface area contributed by atoms with Crippen LogP contribution >= 0.6 is 0 Å². The highest BCUT2D eigenvalue weighted by molar-refractivity contribution is 7.89. The second-order valence-corrected chi connectivity index (χ2v) is 11.1. The van der Waals surface area contributed by atoms with Crippen LogP contribution in [0.2, 0.25) is 0 Å². The highest BCUT2D eigenvalue weighted by Gasteiger charge is 2.39. The average molecular weight is 500 g/mol. The van der Waals surface area contributed by atoms with Crippen molar-refractivity contribution in [3.05, 3.63) is 48.0 Å². The van der Waals surface area contributed by atoms with Crippen LogP contribution in [0, 0.1) is 12.8 Å². The molecule has 0 spiro atoms. The summed E-state index contributed by atoms with van der Waals surface area (Å²) in [6.45, 7) is 4.31. The summed E-state index contributed by atoms with van der Waals surface area (Å²) in [5, 5.41) is 0. The molecule has 2 saturated heterocycles. The predicted octanol–water partition coefficient (Wildman–Crippen LogP) is 2.04. The van der Waals surface area contributed by atoms with Crippen molar-refractivity contribution in [3.63, 3.8) is 0 Å². The van der Waals surface area contributed by atoms with E-state index in [9.17, 15) is 18.0 Å². The Hall–Kier alpha value is -3.11. The van der Waals surface area contributed by atoms with E-state index in [0.29, 0.717) is 31.3 Å². The molecular weight excluding hydrogens is 470 g/mol. The molecule has 186 valence electrons. The van der Waals surface area contributed by atoms with E-state index in [2.05, 4.69) is 0 Å². The monoisotopic (exact) mass is 499 g/mol. The second-order valence-electron chi connectivity index (χ2n) is 9.13. The van der Waals surface area contributed by atoms with Crippen molar-refractivity contribution < 1.29 is 27.5 Å². The molecule has 3 heterocycles. The van der Waals surface area contributed by atoms with Crippen LogP contribution in [0.5, 0.6) is 11.5 Å². The van der Waals surface area contributed by atoms with Crippen molar-refractivity contribution in [2.45, 2.75) is 24.7 Å².